The lowest BCUT2D eigenvalue weighted by atomic mass is 10.1. The minimum Gasteiger partial charge on any atom is -0.397 e. The van der Waals surface area contributed by atoms with E-state index in [1.807, 2.05) is 12.1 Å². The predicted molar refractivity (Wildman–Crippen MR) is 96.0 cm³/mol. The summed E-state index contributed by atoms with van der Waals surface area (Å²) in [7, 11) is 0. The van der Waals surface area contributed by atoms with E-state index in [0.717, 1.165) is 18.8 Å². The molecule has 0 heterocycles. The van der Waals surface area contributed by atoms with Gasteiger partial charge in [0.2, 0.25) is 0 Å². The zero-order valence-corrected chi connectivity index (χ0v) is 14.1. The molecular formula is C19H34N2. The zero-order valence-electron chi connectivity index (χ0n) is 14.1. The summed E-state index contributed by atoms with van der Waals surface area (Å²) in [6, 6.07) is 8.25. The standard InChI is InChI=1S/C19H34N2/c1-3-5-6-7-8-9-10-13-17-21(16-4-2)19-15-12-11-14-18(19)20/h11-12,14-15H,3-10,13,16-17,20H2,1-2H3. The lowest BCUT2D eigenvalue weighted by Gasteiger charge is -2.25. The van der Waals surface area contributed by atoms with Crippen molar-refractivity contribution in [3.63, 3.8) is 0 Å². The molecule has 0 aromatic heterocycles. The van der Waals surface area contributed by atoms with E-state index in [1.54, 1.807) is 0 Å². The maximum absolute atomic E-state index is 6.11. The lowest BCUT2D eigenvalue weighted by Crippen LogP contribution is -2.26. The van der Waals surface area contributed by atoms with Gasteiger partial charge in [-0.3, -0.25) is 0 Å². The molecule has 2 N–H and O–H groups in total. The van der Waals surface area contributed by atoms with E-state index in [-0.39, 0.29) is 0 Å². The first-order valence-corrected chi connectivity index (χ1v) is 8.89. The molecule has 21 heavy (non-hydrogen) atoms. The molecule has 0 atom stereocenters. The van der Waals surface area contributed by atoms with E-state index in [2.05, 4.69) is 30.9 Å². The maximum atomic E-state index is 6.11. The highest BCUT2D eigenvalue weighted by atomic mass is 15.1. The highest BCUT2D eigenvalue weighted by molar-refractivity contribution is 5.67. The van der Waals surface area contributed by atoms with E-state index in [0.29, 0.717) is 0 Å². The van der Waals surface area contributed by atoms with Crippen molar-refractivity contribution in [1.82, 2.24) is 0 Å². The molecule has 1 aromatic rings. The molecule has 0 amide bonds. The largest absolute Gasteiger partial charge is 0.397 e. The zero-order chi connectivity index (χ0) is 15.3. The molecule has 120 valence electrons. The molecule has 1 rings (SSSR count). The van der Waals surface area contributed by atoms with Crippen LogP contribution in [0, 0.1) is 0 Å². The van der Waals surface area contributed by atoms with Crippen molar-refractivity contribution in [2.75, 3.05) is 23.7 Å². The van der Waals surface area contributed by atoms with E-state index in [4.69, 9.17) is 5.73 Å². The summed E-state index contributed by atoms with van der Waals surface area (Å²) in [6.45, 7) is 6.75. The van der Waals surface area contributed by atoms with Crippen molar-refractivity contribution in [3.8, 4) is 0 Å². The molecule has 0 spiro atoms. The molecule has 0 radical (unpaired) electrons. The Labute approximate surface area is 131 Å². The smallest absolute Gasteiger partial charge is 0.0599 e. The average molecular weight is 290 g/mol. The van der Waals surface area contributed by atoms with Gasteiger partial charge in [-0.15, -0.1) is 0 Å². The van der Waals surface area contributed by atoms with Crippen LogP contribution in [0.5, 0.6) is 0 Å². The second kappa shape index (κ2) is 11.5. The summed E-state index contributed by atoms with van der Waals surface area (Å²) in [5.74, 6) is 0. The molecule has 0 aliphatic carbocycles. The molecule has 2 heteroatoms. The second-order valence-corrected chi connectivity index (χ2v) is 6.02. The number of nitrogens with two attached hydrogens (primary N) is 1. The second-order valence-electron chi connectivity index (χ2n) is 6.02. The monoisotopic (exact) mass is 290 g/mol. The van der Waals surface area contributed by atoms with Gasteiger partial charge in [0.15, 0.2) is 0 Å². The molecular weight excluding hydrogens is 256 g/mol. The van der Waals surface area contributed by atoms with Crippen molar-refractivity contribution < 1.29 is 0 Å². The van der Waals surface area contributed by atoms with Gasteiger partial charge < -0.3 is 10.6 Å². The number of anilines is 2. The number of para-hydroxylation sites is 2. The molecule has 0 bridgehead atoms. The number of nitrogen functional groups attached to an aromatic ring is 1. The van der Waals surface area contributed by atoms with Crippen LogP contribution in [-0.4, -0.2) is 13.1 Å². The summed E-state index contributed by atoms with van der Waals surface area (Å²) in [4.78, 5) is 2.45. The highest BCUT2D eigenvalue weighted by Gasteiger charge is 2.07. The minimum atomic E-state index is 0.908. The fourth-order valence-corrected chi connectivity index (χ4v) is 2.83. The highest BCUT2D eigenvalue weighted by Crippen LogP contribution is 2.23. The Hall–Kier alpha value is -1.18. The summed E-state index contributed by atoms with van der Waals surface area (Å²) in [5.41, 5.74) is 8.23. The number of nitrogens with zero attached hydrogens (tertiary/aromatic N) is 1. The average Bonchev–Trinajstić information content (AvgIpc) is 2.49. The van der Waals surface area contributed by atoms with Crippen LogP contribution in [-0.2, 0) is 0 Å². The third kappa shape index (κ3) is 7.40. The number of unbranched alkanes of at least 4 members (excludes halogenated alkanes) is 7. The molecule has 0 saturated carbocycles. The van der Waals surface area contributed by atoms with Crippen LogP contribution in [0.1, 0.15) is 71.6 Å². The quantitative estimate of drug-likeness (QED) is 0.399. The Morgan fingerprint density at radius 2 is 1.38 bits per heavy atom. The van der Waals surface area contributed by atoms with Gasteiger partial charge in [-0.05, 0) is 25.0 Å². The Morgan fingerprint density at radius 3 is 2.00 bits per heavy atom. The fraction of sp³-hybridized carbons (Fsp3) is 0.684. The third-order valence-corrected chi connectivity index (χ3v) is 4.05. The Kier molecular flexibility index (Phi) is 9.77. The molecule has 0 aliphatic heterocycles. The number of benzene rings is 1. The van der Waals surface area contributed by atoms with E-state index in [9.17, 15) is 0 Å². The van der Waals surface area contributed by atoms with Crippen LogP contribution in [0.4, 0.5) is 11.4 Å². The van der Waals surface area contributed by atoms with Gasteiger partial charge in [-0.2, -0.15) is 0 Å². The summed E-state index contributed by atoms with van der Waals surface area (Å²) in [5, 5.41) is 0. The maximum Gasteiger partial charge on any atom is 0.0599 e. The van der Waals surface area contributed by atoms with Gasteiger partial charge in [0.05, 0.1) is 11.4 Å². The van der Waals surface area contributed by atoms with Crippen LogP contribution in [0.25, 0.3) is 0 Å². The Bertz CT molecular complexity index is 362. The van der Waals surface area contributed by atoms with E-state index < -0.39 is 0 Å². The normalized spacial score (nSPS) is 10.8. The van der Waals surface area contributed by atoms with Crippen LogP contribution in [0.2, 0.25) is 0 Å². The molecule has 0 fully saturated rings. The van der Waals surface area contributed by atoms with Gasteiger partial charge in [-0.25, -0.2) is 0 Å². The van der Waals surface area contributed by atoms with Crippen LogP contribution in [0.3, 0.4) is 0 Å². The van der Waals surface area contributed by atoms with Crippen molar-refractivity contribution in [2.24, 2.45) is 0 Å². The number of rotatable bonds is 12. The summed E-state index contributed by atoms with van der Waals surface area (Å²) >= 11 is 0. The first kappa shape index (κ1) is 17.9. The fourth-order valence-electron chi connectivity index (χ4n) is 2.83. The van der Waals surface area contributed by atoms with Crippen LogP contribution in [0.15, 0.2) is 24.3 Å². The van der Waals surface area contributed by atoms with Gasteiger partial charge in [0, 0.05) is 13.1 Å². The minimum absolute atomic E-state index is 0.908. The van der Waals surface area contributed by atoms with Crippen molar-refractivity contribution >= 4 is 11.4 Å². The van der Waals surface area contributed by atoms with Gasteiger partial charge in [0.25, 0.3) is 0 Å². The molecule has 0 saturated heterocycles. The van der Waals surface area contributed by atoms with Crippen molar-refractivity contribution in [2.45, 2.75) is 71.6 Å². The summed E-state index contributed by atoms with van der Waals surface area (Å²) in [6.07, 6.45) is 12.2. The van der Waals surface area contributed by atoms with Gasteiger partial charge >= 0.3 is 0 Å². The van der Waals surface area contributed by atoms with E-state index in [1.165, 1.54) is 63.5 Å². The first-order chi connectivity index (χ1) is 10.3. The Morgan fingerprint density at radius 1 is 0.762 bits per heavy atom. The first-order valence-electron chi connectivity index (χ1n) is 8.89. The lowest BCUT2D eigenvalue weighted by molar-refractivity contribution is 0.570. The summed E-state index contributed by atoms with van der Waals surface area (Å²) < 4.78 is 0. The molecule has 0 aliphatic rings. The third-order valence-electron chi connectivity index (χ3n) is 4.05. The van der Waals surface area contributed by atoms with E-state index >= 15 is 0 Å². The topological polar surface area (TPSA) is 29.3 Å². The Balaban J connectivity index is 2.25. The SMILES string of the molecule is CCCCCCCCCCN(CCC)c1ccccc1N. The number of hydrogen-bond donors (Lipinski definition) is 1. The van der Waals surface area contributed by atoms with Crippen molar-refractivity contribution in [3.05, 3.63) is 24.3 Å². The van der Waals surface area contributed by atoms with Crippen molar-refractivity contribution in [1.29, 1.82) is 0 Å². The van der Waals surface area contributed by atoms with Gasteiger partial charge in [0.1, 0.15) is 0 Å². The number of hydrogen-bond acceptors (Lipinski definition) is 2. The predicted octanol–water partition coefficient (Wildman–Crippen LogP) is 5.63. The molecule has 2 nitrogen and oxygen atoms in total. The van der Waals surface area contributed by atoms with Crippen LogP contribution >= 0.6 is 0 Å². The molecule has 1 aromatic carbocycles. The van der Waals surface area contributed by atoms with Gasteiger partial charge in [-0.1, -0.05) is 70.9 Å². The van der Waals surface area contributed by atoms with Crippen LogP contribution < -0.4 is 10.6 Å². The molecule has 0 unspecified atom stereocenters.